The van der Waals surface area contributed by atoms with Gasteiger partial charge in [-0.1, -0.05) is 11.6 Å². The third-order valence-electron chi connectivity index (χ3n) is 3.62. The minimum atomic E-state index is -0.972. The highest BCUT2D eigenvalue weighted by atomic mass is 35.5. The molecule has 7 nitrogen and oxygen atoms in total. The summed E-state index contributed by atoms with van der Waals surface area (Å²) >= 11 is 6.18. The lowest BCUT2D eigenvalue weighted by atomic mass is 10.2. The zero-order valence-electron chi connectivity index (χ0n) is 11.0. The molecule has 1 amide bonds. The van der Waals surface area contributed by atoms with Gasteiger partial charge >= 0.3 is 6.09 Å². The molecular formula is C12H15ClN4O3. The average molecular weight is 299 g/mol. The highest BCUT2D eigenvalue weighted by Gasteiger charge is 2.30. The smallest absolute Gasteiger partial charge is 0.407 e. The van der Waals surface area contributed by atoms with E-state index in [0.717, 1.165) is 0 Å². The average Bonchev–Trinajstić information content (AvgIpc) is 2.84. The molecule has 0 saturated carbocycles. The predicted molar refractivity (Wildman–Crippen MR) is 71.9 cm³/mol. The second-order valence-corrected chi connectivity index (χ2v) is 5.35. The Hall–Kier alpha value is -1.60. The highest BCUT2D eigenvalue weighted by molar-refractivity contribution is 6.30. The summed E-state index contributed by atoms with van der Waals surface area (Å²) in [6.07, 6.45) is -0.972. The summed E-state index contributed by atoms with van der Waals surface area (Å²) in [5, 5.41) is 9.38. The Balaban J connectivity index is 1.91. The molecule has 1 fully saturated rings. The van der Waals surface area contributed by atoms with Crippen molar-refractivity contribution in [1.82, 2.24) is 14.9 Å². The van der Waals surface area contributed by atoms with Gasteiger partial charge < -0.3 is 14.7 Å². The molecule has 0 radical (unpaired) electrons. The van der Waals surface area contributed by atoms with Crippen molar-refractivity contribution in [2.24, 2.45) is 0 Å². The van der Waals surface area contributed by atoms with Crippen LogP contribution in [0.3, 0.4) is 0 Å². The molecule has 3 rings (SSSR count). The van der Waals surface area contributed by atoms with E-state index < -0.39 is 6.09 Å². The quantitative estimate of drug-likeness (QED) is 0.789. The zero-order valence-corrected chi connectivity index (χ0v) is 11.8. The van der Waals surface area contributed by atoms with Crippen molar-refractivity contribution in [3.05, 3.63) is 16.4 Å². The number of aromatic nitrogens is 2. The molecule has 0 bridgehead atoms. The largest absolute Gasteiger partial charge is 0.465 e. The molecule has 20 heavy (non-hydrogen) atoms. The van der Waals surface area contributed by atoms with Crippen LogP contribution in [0.4, 0.5) is 10.7 Å². The minimum absolute atomic E-state index is 0.176. The Morgan fingerprint density at radius 1 is 1.45 bits per heavy atom. The molecule has 108 valence electrons. The molecule has 1 atom stereocenters. The number of ether oxygens (including phenoxy) is 1. The first-order valence-corrected chi connectivity index (χ1v) is 6.81. The molecule has 1 aromatic heterocycles. The first kappa shape index (κ1) is 13.4. The molecule has 2 aliphatic heterocycles. The van der Waals surface area contributed by atoms with Crippen molar-refractivity contribution >= 4 is 23.6 Å². The molecule has 1 N–H and O–H groups in total. The van der Waals surface area contributed by atoms with Crippen molar-refractivity contribution in [3.63, 3.8) is 0 Å². The van der Waals surface area contributed by atoms with Crippen LogP contribution in [0.25, 0.3) is 0 Å². The Morgan fingerprint density at radius 3 is 2.95 bits per heavy atom. The van der Waals surface area contributed by atoms with Crippen LogP contribution in [-0.4, -0.2) is 51.9 Å². The summed E-state index contributed by atoms with van der Waals surface area (Å²) in [6.45, 7) is 4.51. The second kappa shape index (κ2) is 5.06. The molecule has 0 spiro atoms. The molecule has 3 heterocycles. The number of halogens is 1. The number of morpholine rings is 1. The van der Waals surface area contributed by atoms with Gasteiger partial charge in [0.05, 0.1) is 38.0 Å². The molecule has 8 heteroatoms. The first-order valence-electron chi connectivity index (χ1n) is 6.44. The van der Waals surface area contributed by atoms with Crippen LogP contribution in [0.1, 0.15) is 18.2 Å². The first-order chi connectivity index (χ1) is 9.56. The summed E-state index contributed by atoms with van der Waals surface area (Å²) in [5.41, 5.74) is 1.40. The fraction of sp³-hybridized carbons (Fsp3) is 0.583. The number of anilines is 1. The van der Waals surface area contributed by atoms with E-state index in [4.69, 9.17) is 21.4 Å². The van der Waals surface area contributed by atoms with Gasteiger partial charge in [0.1, 0.15) is 5.15 Å². The van der Waals surface area contributed by atoms with E-state index in [1.165, 1.54) is 4.90 Å². The van der Waals surface area contributed by atoms with Crippen molar-refractivity contribution in [3.8, 4) is 0 Å². The summed E-state index contributed by atoms with van der Waals surface area (Å²) in [5.74, 6) is 0.553. The van der Waals surface area contributed by atoms with Crippen LogP contribution in [0.2, 0.25) is 5.15 Å². The van der Waals surface area contributed by atoms with E-state index in [1.54, 1.807) is 0 Å². The third-order valence-corrected chi connectivity index (χ3v) is 3.93. The van der Waals surface area contributed by atoms with Crippen LogP contribution in [0.5, 0.6) is 0 Å². The predicted octanol–water partition coefficient (Wildman–Crippen LogP) is 1.35. The lowest BCUT2D eigenvalue weighted by Crippen LogP contribution is -2.44. The second-order valence-electron chi connectivity index (χ2n) is 5.00. The van der Waals surface area contributed by atoms with E-state index in [2.05, 4.69) is 9.97 Å². The molecule has 0 aromatic carbocycles. The summed E-state index contributed by atoms with van der Waals surface area (Å²) in [6, 6.07) is 0.176. The number of nitrogens with zero attached hydrogens (tertiary/aromatic N) is 4. The Labute approximate surface area is 121 Å². The van der Waals surface area contributed by atoms with Gasteiger partial charge in [0, 0.05) is 12.1 Å². The normalized spacial score (nSPS) is 22.0. The van der Waals surface area contributed by atoms with Crippen LogP contribution in [0, 0.1) is 0 Å². The lowest BCUT2D eigenvalue weighted by molar-refractivity contribution is 0.0980. The van der Waals surface area contributed by atoms with Crippen LogP contribution < -0.4 is 4.90 Å². The van der Waals surface area contributed by atoms with Gasteiger partial charge in [-0.3, -0.25) is 4.90 Å². The van der Waals surface area contributed by atoms with Gasteiger partial charge in [-0.15, -0.1) is 0 Å². The topological polar surface area (TPSA) is 78.8 Å². The number of amides is 1. The maximum absolute atomic E-state index is 11.0. The molecule has 1 saturated heterocycles. The Bertz CT molecular complexity index is 554. The van der Waals surface area contributed by atoms with Gasteiger partial charge in [-0.05, 0) is 6.92 Å². The number of hydrogen-bond acceptors (Lipinski definition) is 5. The Morgan fingerprint density at radius 2 is 2.25 bits per heavy atom. The van der Waals surface area contributed by atoms with Crippen molar-refractivity contribution in [1.29, 1.82) is 0 Å². The summed E-state index contributed by atoms with van der Waals surface area (Å²) in [4.78, 5) is 23.2. The number of carboxylic acid groups (broad SMARTS) is 1. The van der Waals surface area contributed by atoms with E-state index in [-0.39, 0.29) is 19.1 Å². The molecule has 1 unspecified atom stereocenters. The van der Waals surface area contributed by atoms with Crippen molar-refractivity contribution < 1.29 is 14.6 Å². The number of rotatable bonds is 1. The fourth-order valence-electron chi connectivity index (χ4n) is 2.49. The Kier molecular flexibility index (Phi) is 3.39. The fourth-order valence-corrected chi connectivity index (χ4v) is 2.73. The number of carbonyl (C=O) groups is 1. The highest BCUT2D eigenvalue weighted by Crippen LogP contribution is 2.29. The van der Waals surface area contributed by atoms with E-state index in [1.807, 2.05) is 11.8 Å². The molecule has 2 aliphatic rings. The molecular weight excluding hydrogens is 284 g/mol. The maximum atomic E-state index is 11.0. The van der Waals surface area contributed by atoms with Crippen molar-refractivity contribution in [2.75, 3.05) is 24.7 Å². The van der Waals surface area contributed by atoms with Crippen LogP contribution >= 0.6 is 11.6 Å². The lowest BCUT2D eigenvalue weighted by Gasteiger charge is -2.33. The van der Waals surface area contributed by atoms with Gasteiger partial charge in [-0.2, -0.15) is 0 Å². The summed E-state index contributed by atoms with van der Waals surface area (Å²) < 4.78 is 5.39. The van der Waals surface area contributed by atoms with Gasteiger partial charge in [-0.25, -0.2) is 14.8 Å². The van der Waals surface area contributed by atoms with Gasteiger partial charge in [0.15, 0.2) is 0 Å². The SMILES string of the molecule is CC1COCCN1c1nc(Cl)c2c(n1)CN(C(=O)O)C2. The van der Waals surface area contributed by atoms with Crippen LogP contribution in [-0.2, 0) is 17.8 Å². The van der Waals surface area contributed by atoms with E-state index >= 15 is 0 Å². The van der Waals surface area contributed by atoms with E-state index in [0.29, 0.717) is 42.1 Å². The monoisotopic (exact) mass is 298 g/mol. The standard InChI is InChI=1S/C12H15ClN4O3/c1-7-6-20-3-2-17(7)11-14-9-5-16(12(18)19)4-8(9)10(13)15-11/h7H,2-6H2,1H3,(H,18,19). The van der Waals surface area contributed by atoms with Crippen molar-refractivity contribution in [2.45, 2.75) is 26.1 Å². The van der Waals surface area contributed by atoms with Gasteiger partial charge in [0.2, 0.25) is 5.95 Å². The maximum Gasteiger partial charge on any atom is 0.407 e. The van der Waals surface area contributed by atoms with E-state index in [9.17, 15) is 4.79 Å². The number of fused-ring (bicyclic) bond motifs is 1. The third kappa shape index (κ3) is 2.27. The molecule has 0 aliphatic carbocycles. The van der Waals surface area contributed by atoms with Gasteiger partial charge in [0.25, 0.3) is 0 Å². The van der Waals surface area contributed by atoms with Crippen LogP contribution in [0.15, 0.2) is 0 Å². The minimum Gasteiger partial charge on any atom is -0.465 e. The molecule has 1 aromatic rings. The number of hydrogen-bond donors (Lipinski definition) is 1. The zero-order chi connectivity index (χ0) is 14.3. The summed E-state index contributed by atoms with van der Waals surface area (Å²) in [7, 11) is 0.